The van der Waals surface area contributed by atoms with Crippen LogP contribution >= 0.6 is 0 Å². The van der Waals surface area contributed by atoms with Crippen LogP contribution in [0.5, 0.6) is 0 Å². The molecule has 0 aliphatic heterocycles. The van der Waals surface area contributed by atoms with Crippen LogP contribution in [0.1, 0.15) is 22.1 Å². The molecule has 0 aliphatic carbocycles. The van der Waals surface area contributed by atoms with Crippen molar-refractivity contribution in [3.05, 3.63) is 41.5 Å². The molecule has 0 fully saturated rings. The topological polar surface area (TPSA) is 129 Å². The van der Waals surface area contributed by atoms with Crippen molar-refractivity contribution >= 4 is 32.8 Å². The Labute approximate surface area is 142 Å². The van der Waals surface area contributed by atoms with Crippen LogP contribution in [0.15, 0.2) is 35.2 Å². The number of benzene rings is 2. The van der Waals surface area contributed by atoms with Gasteiger partial charge >= 0.3 is 41.5 Å². The second-order valence-electron chi connectivity index (χ2n) is 3.96. The van der Waals surface area contributed by atoms with Crippen LogP contribution in [-0.4, -0.2) is 35.1 Å². The van der Waals surface area contributed by atoms with E-state index in [1.807, 2.05) is 0 Å². The molecule has 0 unspecified atom stereocenters. The molecule has 0 amide bonds. The van der Waals surface area contributed by atoms with Gasteiger partial charge in [0.25, 0.3) is 10.1 Å². The molecule has 2 rings (SSSR count). The zero-order chi connectivity index (χ0) is 15.1. The monoisotopic (exact) mass is 320 g/mol. The summed E-state index contributed by atoms with van der Waals surface area (Å²) in [5, 5.41) is 18.2. The van der Waals surface area contributed by atoms with E-state index in [0.717, 1.165) is 12.1 Å². The molecule has 0 heterocycles. The van der Waals surface area contributed by atoms with E-state index in [-0.39, 0.29) is 47.3 Å². The molecule has 9 heteroatoms. The van der Waals surface area contributed by atoms with E-state index in [9.17, 15) is 18.0 Å². The summed E-state index contributed by atoms with van der Waals surface area (Å²) in [7, 11) is -4.59. The third-order valence-electron chi connectivity index (χ3n) is 2.71. The summed E-state index contributed by atoms with van der Waals surface area (Å²) in [5.74, 6) is -2.83. The summed E-state index contributed by atoms with van der Waals surface area (Å²) in [6.07, 6.45) is 0. The Kier molecular flexibility index (Phi) is 5.13. The summed E-state index contributed by atoms with van der Waals surface area (Å²) in [6, 6.07) is 5.67. The van der Waals surface area contributed by atoms with E-state index in [4.69, 9.17) is 14.8 Å². The van der Waals surface area contributed by atoms with Gasteiger partial charge in [-0.2, -0.15) is 8.42 Å². The molecule has 21 heavy (non-hydrogen) atoms. The van der Waals surface area contributed by atoms with E-state index >= 15 is 0 Å². The summed E-state index contributed by atoms with van der Waals surface area (Å²) >= 11 is 0. The van der Waals surface area contributed by atoms with E-state index in [1.165, 1.54) is 18.2 Å². The largest absolute Gasteiger partial charge is 1.00 e. The first-order chi connectivity index (χ1) is 9.21. The van der Waals surface area contributed by atoms with E-state index in [1.54, 1.807) is 0 Å². The first kappa shape index (κ1) is 17.6. The van der Waals surface area contributed by atoms with Crippen molar-refractivity contribution < 1.29 is 63.8 Å². The minimum atomic E-state index is -4.59. The second-order valence-corrected chi connectivity index (χ2v) is 5.38. The third kappa shape index (κ3) is 3.42. The summed E-state index contributed by atoms with van der Waals surface area (Å²) in [6.45, 7) is 0. The van der Waals surface area contributed by atoms with Crippen LogP contribution in [0, 0.1) is 0 Å². The zero-order valence-corrected chi connectivity index (χ0v) is 13.6. The van der Waals surface area contributed by atoms with Gasteiger partial charge in [-0.25, -0.2) is 9.59 Å². The Bertz CT molecular complexity index is 848. The van der Waals surface area contributed by atoms with Gasteiger partial charge in [-0.1, -0.05) is 12.1 Å². The standard InChI is InChI=1S/C12H8O7S.Na.H/c13-11(14)8-3-1-2-6-4-7(20(17,18)19)5-9(10(6)8)12(15)16;;/h1-5H,(H,13,14)(H,15,16)(H,17,18,19);;/q;+1;-1. The molecule has 0 saturated heterocycles. The zero-order valence-electron chi connectivity index (χ0n) is 11.8. The smallest absolute Gasteiger partial charge is 1.00 e. The number of carboxylic acids is 2. The maximum atomic E-state index is 11.2. The Morgan fingerprint density at radius 3 is 2.05 bits per heavy atom. The summed E-state index contributed by atoms with van der Waals surface area (Å²) in [4.78, 5) is 21.7. The van der Waals surface area contributed by atoms with E-state index in [0.29, 0.717) is 0 Å². The van der Waals surface area contributed by atoms with Crippen LogP contribution in [0.3, 0.4) is 0 Å². The van der Waals surface area contributed by atoms with Gasteiger partial charge in [-0.3, -0.25) is 4.55 Å². The average molecular weight is 320 g/mol. The van der Waals surface area contributed by atoms with E-state index in [2.05, 4.69) is 0 Å². The minimum Gasteiger partial charge on any atom is -1.00 e. The van der Waals surface area contributed by atoms with Gasteiger partial charge in [0.05, 0.1) is 16.0 Å². The molecule has 0 saturated carbocycles. The van der Waals surface area contributed by atoms with Crippen molar-refractivity contribution in [2.45, 2.75) is 4.90 Å². The van der Waals surface area contributed by atoms with Crippen LogP contribution in [0.25, 0.3) is 10.8 Å². The number of rotatable bonds is 3. The number of carboxylic acid groups (broad SMARTS) is 2. The minimum absolute atomic E-state index is 0. The molecule has 0 bridgehead atoms. The molecule has 106 valence electrons. The van der Waals surface area contributed by atoms with Crippen molar-refractivity contribution in [1.82, 2.24) is 0 Å². The van der Waals surface area contributed by atoms with Crippen molar-refractivity contribution in [2.24, 2.45) is 0 Å². The molecule has 0 aromatic heterocycles. The Morgan fingerprint density at radius 1 is 1.00 bits per heavy atom. The fourth-order valence-electron chi connectivity index (χ4n) is 1.90. The Hall–Kier alpha value is -1.45. The SMILES string of the molecule is O=C(O)c1cccc2cc(S(=O)(=O)O)cc(C(=O)O)c12.[H-].[Na+]. The van der Waals surface area contributed by atoms with Gasteiger partial charge < -0.3 is 11.6 Å². The average Bonchev–Trinajstić information content (AvgIpc) is 2.35. The maximum absolute atomic E-state index is 11.2. The van der Waals surface area contributed by atoms with Crippen molar-refractivity contribution in [1.29, 1.82) is 0 Å². The fourth-order valence-corrected chi connectivity index (χ4v) is 2.44. The summed E-state index contributed by atoms with van der Waals surface area (Å²) in [5.41, 5.74) is -0.769. The molecule has 2 aromatic rings. The number of hydrogen-bond donors (Lipinski definition) is 3. The van der Waals surface area contributed by atoms with Gasteiger partial charge in [0, 0.05) is 5.39 Å². The molecule has 0 aliphatic rings. The first-order valence-electron chi connectivity index (χ1n) is 5.22. The second kappa shape index (κ2) is 6.12. The fraction of sp³-hybridized carbons (Fsp3) is 0. The predicted octanol–water partition coefficient (Wildman–Crippen LogP) is -1.40. The van der Waals surface area contributed by atoms with Crippen LogP contribution < -0.4 is 29.6 Å². The van der Waals surface area contributed by atoms with E-state index < -0.39 is 32.5 Å². The first-order valence-corrected chi connectivity index (χ1v) is 6.66. The quantitative estimate of drug-likeness (QED) is 0.468. The molecule has 7 nitrogen and oxygen atoms in total. The molecule has 2 aromatic carbocycles. The molecule has 3 N–H and O–H groups in total. The number of carbonyl (C=O) groups is 2. The number of fused-ring (bicyclic) bond motifs is 1. The number of aromatic carboxylic acids is 2. The predicted molar refractivity (Wildman–Crippen MR) is 68.8 cm³/mol. The molecular formula is C12H9NaO7S. The molecule has 0 atom stereocenters. The van der Waals surface area contributed by atoms with Crippen molar-refractivity contribution in [3.63, 3.8) is 0 Å². The number of hydrogen-bond acceptors (Lipinski definition) is 4. The van der Waals surface area contributed by atoms with Gasteiger partial charge in [0.2, 0.25) is 0 Å². The van der Waals surface area contributed by atoms with Gasteiger partial charge in [-0.05, 0) is 23.6 Å². The normalized spacial score (nSPS) is 10.9. The van der Waals surface area contributed by atoms with Gasteiger partial charge in [0.1, 0.15) is 0 Å². The third-order valence-corrected chi connectivity index (χ3v) is 3.54. The van der Waals surface area contributed by atoms with Crippen molar-refractivity contribution in [2.75, 3.05) is 0 Å². The molecular weight excluding hydrogens is 311 g/mol. The van der Waals surface area contributed by atoms with Gasteiger partial charge in [0.15, 0.2) is 0 Å². The van der Waals surface area contributed by atoms with Crippen molar-refractivity contribution in [3.8, 4) is 0 Å². The summed E-state index contributed by atoms with van der Waals surface area (Å²) < 4.78 is 31.2. The van der Waals surface area contributed by atoms with Crippen LogP contribution in [-0.2, 0) is 10.1 Å². The molecule has 0 spiro atoms. The maximum Gasteiger partial charge on any atom is 1.00 e. The van der Waals surface area contributed by atoms with Gasteiger partial charge in [-0.15, -0.1) is 0 Å². The Balaban J connectivity index is 0.00000220. The van der Waals surface area contributed by atoms with Crippen LogP contribution in [0.4, 0.5) is 0 Å². The van der Waals surface area contributed by atoms with Crippen LogP contribution in [0.2, 0.25) is 0 Å². The Morgan fingerprint density at radius 2 is 1.57 bits per heavy atom. The molecule has 0 radical (unpaired) electrons.